The molecule has 0 aliphatic heterocycles. The van der Waals surface area contributed by atoms with Crippen molar-refractivity contribution in [1.29, 1.82) is 0 Å². The molecule has 0 heterocycles. The molecule has 0 aliphatic rings. The molecule has 1 rings (SSSR count). The van der Waals surface area contributed by atoms with Crippen molar-refractivity contribution in [3.63, 3.8) is 0 Å². The number of benzene rings is 1. The Morgan fingerprint density at radius 2 is 2.29 bits per heavy atom. The number of hydrogen-bond acceptors (Lipinski definition) is 5. The molecule has 0 fully saturated rings. The molecule has 6 heteroatoms. The fraction of sp³-hybridized carbons (Fsp3) is 0.182. The maximum absolute atomic E-state index is 11.2. The van der Waals surface area contributed by atoms with Gasteiger partial charge in [0.1, 0.15) is 5.56 Å². The van der Waals surface area contributed by atoms with Crippen molar-refractivity contribution >= 4 is 11.7 Å². The summed E-state index contributed by atoms with van der Waals surface area (Å²) in [5.74, 6) is 4.46. The van der Waals surface area contributed by atoms with Gasteiger partial charge in [0.25, 0.3) is 5.69 Å². The second kappa shape index (κ2) is 5.63. The minimum Gasteiger partial charge on any atom is -0.465 e. The average Bonchev–Trinajstić information content (AvgIpc) is 2.35. The van der Waals surface area contributed by atoms with E-state index in [0.717, 1.165) is 6.07 Å². The number of carbonyl (C=O) groups is 1. The maximum atomic E-state index is 11.2. The van der Waals surface area contributed by atoms with Crippen molar-refractivity contribution in [3.8, 4) is 11.8 Å². The SMILES string of the molecule is COC(=O)c1ccc(C#CCN)c([N+](=O)[O-])c1. The number of ether oxygens (including phenoxy) is 1. The zero-order valence-electron chi connectivity index (χ0n) is 9.10. The zero-order chi connectivity index (χ0) is 12.8. The van der Waals surface area contributed by atoms with Crippen LogP contribution in [0, 0.1) is 22.0 Å². The first-order valence-electron chi connectivity index (χ1n) is 4.66. The quantitative estimate of drug-likeness (QED) is 0.351. The number of esters is 1. The molecule has 0 amide bonds. The summed E-state index contributed by atoms with van der Waals surface area (Å²) in [6.07, 6.45) is 0. The van der Waals surface area contributed by atoms with Crippen molar-refractivity contribution in [2.45, 2.75) is 0 Å². The third kappa shape index (κ3) is 3.03. The Morgan fingerprint density at radius 3 is 2.82 bits per heavy atom. The highest BCUT2D eigenvalue weighted by atomic mass is 16.6. The predicted molar refractivity (Wildman–Crippen MR) is 60.4 cm³/mol. The van der Waals surface area contributed by atoms with Crippen LogP contribution in [0.1, 0.15) is 15.9 Å². The molecule has 0 spiro atoms. The molecule has 0 aromatic heterocycles. The van der Waals surface area contributed by atoms with E-state index in [4.69, 9.17) is 5.73 Å². The van der Waals surface area contributed by atoms with E-state index in [0.29, 0.717) is 0 Å². The number of methoxy groups -OCH3 is 1. The fourth-order valence-electron chi connectivity index (χ4n) is 1.18. The molecule has 1 aromatic rings. The Kier molecular flexibility index (Phi) is 4.20. The van der Waals surface area contributed by atoms with Crippen molar-refractivity contribution in [3.05, 3.63) is 39.4 Å². The number of carbonyl (C=O) groups excluding carboxylic acids is 1. The van der Waals surface area contributed by atoms with Gasteiger partial charge in [0, 0.05) is 6.07 Å². The molecule has 0 radical (unpaired) electrons. The van der Waals surface area contributed by atoms with Gasteiger partial charge >= 0.3 is 5.97 Å². The number of hydrogen-bond donors (Lipinski definition) is 1. The van der Waals surface area contributed by atoms with Crippen LogP contribution >= 0.6 is 0 Å². The van der Waals surface area contributed by atoms with Crippen LogP contribution in [0.2, 0.25) is 0 Å². The van der Waals surface area contributed by atoms with Gasteiger partial charge in [0.2, 0.25) is 0 Å². The smallest absolute Gasteiger partial charge is 0.338 e. The summed E-state index contributed by atoms with van der Waals surface area (Å²) in [6, 6.07) is 3.94. The van der Waals surface area contributed by atoms with E-state index in [9.17, 15) is 14.9 Å². The van der Waals surface area contributed by atoms with Crippen LogP contribution < -0.4 is 5.73 Å². The van der Waals surface area contributed by atoms with E-state index in [1.807, 2.05) is 0 Å². The lowest BCUT2D eigenvalue weighted by Crippen LogP contribution is -2.03. The Hall–Kier alpha value is -2.39. The molecular weight excluding hydrogens is 224 g/mol. The van der Waals surface area contributed by atoms with Gasteiger partial charge < -0.3 is 10.5 Å². The molecule has 6 nitrogen and oxygen atoms in total. The summed E-state index contributed by atoms with van der Waals surface area (Å²) in [5, 5.41) is 10.8. The summed E-state index contributed by atoms with van der Waals surface area (Å²) in [7, 11) is 1.20. The molecule has 88 valence electrons. The Morgan fingerprint density at radius 1 is 1.59 bits per heavy atom. The normalized spacial score (nSPS) is 9.06. The minimum absolute atomic E-state index is 0.107. The molecule has 0 atom stereocenters. The lowest BCUT2D eigenvalue weighted by Gasteiger charge is -2.00. The third-order valence-electron chi connectivity index (χ3n) is 1.94. The monoisotopic (exact) mass is 234 g/mol. The molecule has 1 aromatic carbocycles. The standard InChI is InChI=1S/C11H10N2O4/c1-17-11(14)9-5-4-8(3-2-6-12)10(7-9)13(15)16/h4-5,7H,6,12H2,1H3. The molecule has 0 aliphatic carbocycles. The van der Waals surface area contributed by atoms with Crippen LogP contribution in [0.15, 0.2) is 18.2 Å². The Balaban J connectivity index is 3.26. The lowest BCUT2D eigenvalue weighted by molar-refractivity contribution is -0.385. The van der Waals surface area contributed by atoms with E-state index in [1.54, 1.807) is 0 Å². The van der Waals surface area contributed by atoms with Crippen molar-refractivity contribution in [2.24, 2.45) is 5.73 Å². The Bertz CT molecular complexity index is 514. The van der Waals surface area contributed by atoms with Gasteiger partial charge in [-0.3, -0.25) is 10.1 Å². The highest BCUT2D eigenvalue weighted by molar-refractivity contribution is 5.90. The Labute approximate surface area is 97.5 Å². The van der Waals surface area contributed by atoms with Crippen molar-refractivity contribution < 1.29 is 14.5 Å². The van der Waals surface area contributed by atoms with Crippen LogP contribution in [0.25, 0.3) is 0 Å². The summed E-state index contributed by atoms with van der Waals surface area (Å²) in [6.45, 7) is 0.107. The first-order chi connectivity index (χ1) is 8.10. The maximum Gasteiger partial charge on any atom is 0.338 e. The van der Waals surface area contributed by atoms with E-state index >= 15 is 0 Å². The number of nitro benzene ring substituents is 1. The largest absolute Gasteiger partial charge is 0.465 e. The van der Waals surface area contributed by atoms with E-state index < -0.39 is 10.9 Å². The van der Waals surface area contributed by atoms with Gasteiger partial charge in [-0.05, 0) is 12.1 Å². The summed E-state index contributed by atoms with van der Waals surface area (Å²) < 4.78 is 4.47. The molecular formula is C11H10N2O4. The summed E-state index contributed by atoms with van der Waals surface area (Å²) >= 11 is 0. The van der Waals surface area contributed by atoms with E-state index in [1.165, 1.54) is 19.2 Å². The van der Waals surface area contributed by atoms with Crippen LogP contribution in [-0.4, -0.2) is 24.5 Å². The topological polar surface area (TPSA) is 95.5 Å². The van der Waals surface area contributed by atoms with Crippen LogP contribution in [0.3, 0.4) is 0 Å². The number of rotatable bonds is 2. The van der Waals surface area contributed by atoms with Crippen LogP contribution in [0.4, 0.5) is 5.69 Å². The third-order valence-corrected chi connectivity index (χ3v) is 1.94. The van der Waals surface area contributed by atoms with Crippen molar-refractivity contribution in [2.75, 3.05) is 13.7 Å². The fourth-order valence-corrected chi connectivity index (χ4v) is 1.18. The molecule has 0 bridgehead atoms. The van der Waals surface area contributed by atoms with E-state index in [2.05, 4.69) is 16.6 Å². The molecule has 17 heavy (non-hydrogen) atoms. The zero-order valence-corrected chi connectivity index (χ0v) is 9.10. The average molecular weight is 234 g/mol. The van der Waals surface area contributed by atoms with Gasteiger partial charge in [0.15, 0.2) is 0 Å². The second-order valence-corrected chi connectivity index (χ2v) is 2.99. The van der Waals surface area contributed by atoms with Gasteiger partial charge in [-0.2, -0.15) is 0 Å². The van der Waals surface area contributed by atoms with E-state index in [-0.39, 0.29) is 23.4 Å². The highest BCUT2D eigenvalue weighted by Gasteiger charge is 2.16. The lowest BCUT2D eigenvalue weighted by atomic mass is 10.1. The second-order valence-electron chi connectivity index (χ2n) is 2.99. The minimum atomic E-state index is -0.633. The summed E-state index contributed by atoms with van der Waals surface area (Å²) in [5.41, 5.74) is 5.27. The molecule has 0 saturated carbocycles. The predicted octanol–water partition coefficient (Wildman–Crippen LogP) is 0.692. The highest BCUT2D eigenvalue weighted by Crippen LogP contribution is 2.19. The van der Waals surface area contributed by atoms with Crippen molar-refractivity contribution in [1.82, 2.24) is 0 Å². The number of nitrogens with two attached hydrogens (primary N) is 1. The molecule has 0 saturated heterocycles. The van der Waals surface area contributed by atoms with Gasteiger partial charge in [0.05, 0.1) is 24.1 Å². The first kappa shape index (κ1) is 12.7. The number of nitrogens with zero attached hydrogens (tertiary/aromatic N) is 1. The summed E-state index contributed by atoms with van der Waals surface area (Å²) in [4.78, 5) is 21.4. The number of nitro groups is 1. The van der Waals surface area contributed by atoms with Gasteiger partial charge in [-0.25, -0.2) is 4.79 Å². The van der Waals surface area contributed by atoms with Gasteiger partial charge in [-0.1, -0.05) is 11.8 Å². The first-order valence-corrected chi connectivity index (χ1v) is 4.66. The van der Waals surface area contributed by atoms with Crippen LogP contribution in [0.5, 0.6) is 0 Å². The van der Waals surface area contributed by atoms with Gasteiger partial charge in [-0.15, -0.1) is 0 Å². The molecule has 2 N–H and O–H groups in total. The van der Waals surface area contributed by atoms with Crippen LogP contribution in [-0.2, 0) is 4.74 Å². The molecule has 0 unspecified atom stereocenters.